The fraction of sp³-hybridized carbons (Fsp3) is 0.375. The molecule has 132 valence electrons. The lowest BCUT2D eigenvalue weighted by atomic mass is 10.2. The second-order valence-corrected chi connectivity index (χ2v) is 6.98. The van der Waals surface area contributed by atoms with Crippen LogP contribution in [0.1, 0.15) is 22.3 Å². The molecule has 0 aliphatic carbocycles. The lowest BCUT2D eigenvalue weighted by Crippen LogP contribution is -2.51. The third kappa shape index (κ3) is 4.61. The average molecular weight is 409 g/mol. The van der Waals surface area contributed by atoms with Gasteiger partial charge in [0.15, 0.2) is 0 Å². The summed E-state index contributed by atoms with van der Waals surface area (Å²) in [5, 5.41) is 4.91. The van der Waals surface area contributed by atoms with E-state index < -0.39 is 0 Å². The highest BCUT2D eigenvalue weighted by molar-refractivity contribution is 7.17. The van der Waals surface area contributed by atoms with Crippen molar-refractivity contribution in [2.45, 2.75) is 19.9 Å². The summed E-state index contributed by atoms with van der Waals surface area (Å²) in [5.74, 6) is 0.0866. The highest BCUT2D eigenvalue weighted by Crippen LogP contribution is 2.29. The minimum Gasteiger partial charge on any atom is -0.335 e. The van der Waals surface area contributed by atoms with Gasteiger partial charge in [0.1, 0.15) is 9.88 Å². The Balaban J connectivity index is 0.00000144. The van der Waals surface area contributed by atoms with E-state index in [1.807, 2.05) is 36.1 Å². The van der Waals surface area contributed by atoms with Gasteiger partial charge < -0.3 is 10.2 Å². The van der Waals surface area contributed by atoms with E-state index in [2.05, 4.69) is 17.2 Å². The summed E-state index contributed by atoms with van der Waals surface area (Å²) in [7, 11) is 0. The molecule has 1 fully saturated rings. The first-order valence-electron chi connectivity index (χ1n) is 7.30. The van der Waals surface area contributed by atoms with Crippen LogP contribution in [0.5, 0.6) is 0 Å². The Hall–Kier alpha value is -0.850. The van der Waals surface area contributed by atoms with Crippen LogP contribution >= 0.6 is 47.8 Å². The van der Waals surface area contributed by atoms with Crippen molar-refractivity contribution in [2.75, 3.05) is 19.6 Å². The summed E-state index contributed by atoms with van der Waals surface area (Å²) in [4.78, 5) is 19.9. The lowest BCUT2D eigenvalue weighted by Gasteiger charge is -2.31. The molecule has 8 heteroatoms. The average Bonchev–Trinajstić information content (AvgIpc) is 2.89. The van der Waals surface area contributed by atoms with Gasteiger partial charge in [0.05, 0.1) is 5.69 Å². The van der Waals surface area contributed by atoms with Crippen molar-refractivity contribution >= 4 is 53.7 Å². The number of nitrogens with zero attached hydrogens (tertiary/aromatic N) is 2. The van der Waals surface area contributed by atoms with Gasteiger partial charge in [-0.15, -0.1) is 36.2 Å². The maximum Gasteiger partial charge on any atom is 0.265 e. The van der Waals surface area contributed by atoms with Crippen LogP contribution in [0.4, 0.5) is 0 Å². The molecular weight excluding hydrogens is 389 g/mol. The molecule has 0 saturated carbocycles. The van der Waals surface area contributed by atoms with Gasteiger partial charge in [-0.1, -0.05) is 23.7 Å². The molecule has 1 unspecified atom stereocenters. The number of piperazine rings is 1. The van der Waals surface area contributed by atoms with Crippen LogP contribution in [-0.2, 0) is 0 Å². The normalized spacial score (nSPS) is 17.0. The number of nitrogens with one attached hydrogen (secondary N) is 1. The maximum absolute atomic E-state index is 12.7. The van der Waals surface area contributed by atoms with Crippen molar-refractivity contribution in [1.29, 1.82) is 0 Å². The van der Waals surface area contributed by atoms with Crippen LogP contribution in [0, 0.1) is 6.92 Å². The van der Waals surface area contributed by atoms with Gasteiger partial charge in [-0.3, -0.25) is 4.79 Å². The SMILES string of the molecule is Cc1nc(-c2ccc(Cl)cc2)sc1C(=O)N1CCNC(C)C1.Cl.Cl. The molecule has 24 heavy (non-hydrogen) atoms. The highest BCUT2D eigenvalue weighted by Gasteiger charge is 2.25. The summed E-state index contributed by atoms with van der Waals surface area (Å²) in [6.07, 6.45) is 0. The molecule has 2 aromatic rings. The van der Waals surface area contributed by atoms with E-state index in [1.165, 1.54) is 11.3 Å². The Morgan fingerprint density at radius 2 is 2.00 bits per heavy atom. The van der Waals surface area contributed by atoms with Gasteiger partial charge >= 0.3 is 0 Å². The zero-order valence-corrected chi connectivity index (χ0v) is 16.6. The zero-order chi connectivity index (χ0) is 15.7. The number of amides is 1. The van der Waals surface area contributed by atoms with E-state index in [1.54, 1.807) is 0 Å². The van der Waals surface area contributed by atoms with Crippen molar-refractivity contribution < 1.29 is 4.79 Å². The standard InChI is InChI=1S/C16H18ClN3OS.2ClH/c1-10-9-20(8-7-18-10)16(21)14-11(2)19-15(22-14)12-3-5-13(17)6-4-12;;/h3-6,10,18H,7-9H2,1-2H3;2*1H. The highest BCUT2D eigenvalue weighted by atomic mass is 35.5. The summed E-state index contributed by atoms with van der Waals surface area (Å²) >= 11 is 7.37. The third-order valence-electron chi connectivity index (χ3n) is 3.74. The lowest BCUT2D eigenvalue weighted by molar-refractivity contribution is 0.0713. The summed E-state index contributed by atoms with van der Waals surface area (Å²) in [6, 6.07) is 7.88. The number of benzene rings is 1. The molecule has 1 N–H and O–H groups in total. The zero-order valence-electron chi connectivity index (χ0n) is 13.4. The molecule has 0 radical (unpaired) electrons. The number of aromatic nitrogens is 1. The first kappa shape index (κ1) is 21.2. The first-order valence-corrected chi connectivity index (χ1v) is 8.50. The van der Waals surface area contributed by atoms with Crippen LogP contribution in [-0.4, -0.2) is 41.5 Å². The van der Waals surface area contributed by atoms with E-state index in [0.717, 1.165) is 40.8 Å². The molecule has 3 rings (SSSR count). The van der Waals surface area contributed by atoms with Gasteiger partial charge in [-0.25, -0.2) is 4.98 Å². The van der Waals surface area contributed by atoms with Crippen molar-refractivity contribution in [3.63, 3.8) is 0 Å². The molecule has 4 nitrogen and oxygen atoms in total. The molecule has 0 bridgehead atoms. The fourth-order valence-electron chi connectivity index (χ4n) is 2.57. The Morgan fingerprint density at radius 1 is 1.33 bits per heavy atom. The number of rotatable bonds is 2. The number of carbonyl (C=O) groups is 1. The topological polar surface area (TPSA) is 45.2 Å². The first-order chi connectivity index (χ1) is 10.5. The Morgan fingerprint density at radius 3 is 2.62 bits per heavy atom. The van der Waals surface area contributed by atoms with E-state index in [9.17, 15) is 4.79 Å². The Kier molecular flexibility index (Phi) is 7.96. The molecule has 1 saturated heterocycles. The molecule has 1 aromatic heterocycles. The van der Waals surface area contributed by atoms with E-state index in [-0.39, 0.29) is 30.7 Å². The molecule has 1 amide bonds. The van der Waals surface area contributed by atoms with Crippen molar-refractivity contribution in [3.05, 3.63) is 39.9 Å². The minimum absolute atomic E-state index is 0. The quantitative estimate of drug-likeness (QED) is 0.815. The largest absolute Gasteiger partial charge is 0.335 e. The van der Waals surface area contributed by atoms with Gasteiger partial charge in [0.25, 0.3) is 5.91 Å². The van der Waals surface area contributed by atoms with Crippen molar-refractivity contribution in [3.8, 4) is 10.6 Å². The summed E-state index contributed by atoms with van der Waals surface area (Å²) in [6.45, 7) is 6.32. The Bertz CT molecular complexity index is 690. The van der Waals surface area contributed by atoms with E-state index >= 15 is 0 Å². The molecule has 2 heterocycles. The van der Waals surface area contributed by atoms with Gasteiger partial charge in [-0.05, 0) is 26.0 Å². The predicted octanol–water partition coefficient (Wildman–Crippen LogP) is 4.05. The van der Waals surface area contributed by atoms with E-state index in [0.29, 0.717) is 11.1 Å². The molecule has 0 spiro atoms. The van der Waals surface area contributed by atoms with Crippen LogP contribution in [0.15, 0.2) is 24.3 Å². The van der Waals surface area contributed by atoms with Gasteiger partial charge in [-0.2, -0.15) is 0 Å². The minimum atomic E-state index is 0. The molecule has 1 aromatic carbocycles. The van der Waals surface area contributed by atoms with Crippen LogP contribution in [0.2, 0.25) is 5.02 Å². The molecule has 1 atom stereocenters. The van der Waals surface area contributed by atoms with E-state index in [4.69, 9.17) is 11.6 Å². The maximum atomic E-state index is 12.7. The predicted molar refractivity (Wildman–Crippen MR) is 105 cm³/mol. The van der Waals surface area contributed by atoms with Gasteiger partial charge in [0.2, 0.25) is 0 Å². The number of halogens is 3. The number of carbonyl (C=O) groups excluding carboxylic acids is 1. The summed E-state index contributed by atoms with van der Waals surface area (Å²) in [5.41, 5.74) is 1.79. The second kappa shape index (κ2) is 9.02. The van der Waals surface area contributed by atoms with Crippen LogP contribution in [0.3, 0.4) is 0 Å². The van der Waals surface area contributed by atoms with Gasteiger partial charge in [0, 0.05) is 36.3 Å². The summed E-state index contributed by atoms with van der Waals surface area (Å²) < 4.78 is 0. The number of hydrogen-bond acceptors (Lipinski definition) is 4. The number of hydrogen-bond donors (Lipinski definition) is 1. The Labute approximate surface area is 163 Å². The smallest absolute Gasteiger partial charge is 0.265 e. The van der Waals surface area contributed by atoms with Crippen molar-refractivity contribution in [2.24, 2.45) is 0 Å². The second-order valence-electron chi connectivity index (χ2n) is 5.55. The van der Waals surface area contributed by atoms with Crippen molar-refractivity contribution in [1.82, 2.24) is 15.2 Å². The third-order valence-corrected chi connectivity index (χ3v) is 5.18. The molecule has 1 aliphatic rings. The monoisotopic (exact) mass is 407 g/mol. The number of aryl methyl sites for hydroxylation is 1. The van der Waals surface area contributed by atoms with Crippen LogP contribution < -0.4 is 5.32 Å². The fourth-order valence-corrected chi connectivity index (χ4v) is 3.74. The van der Waals surface area contributed by atoms with Crippen LogP contribution in [0.25, 0.3) is 10.6 Å². The molecular formula is C16H20Cl3N3OS. The molecule has 1 aliphatic heterocycles. The number of thiazole rings is 1.